The third-order valence-electron chi connectivity index (χ3n) is 5.68. The first-order chi connectivity index (χ1) is 22.5. The van der Waals surface area contributed by atoms with E-state index in [4.69, 9.17) is 39.5 Å². The van der Waals surface area contributed by atoms with E-state index in [9.17, 15) is 32.4 Å². The van der Waals surface area contributed by atoms with Gasteiger partial charge in [-0.25, -0.2) is 22.8 Å². The van der Waals surface area contributed by atoms with Crippen LogP contribution in [0.1, 0.15) is 59.0 Å². The standard InChI is InChI=1S/C16H24N2O6.C11H16N2O4.C3H5ClO2S/c1-5-22-14(20)12(9-11-7-6-8-23-11)18-13(19)10-17-15(21)24-16(2,3)4;1-2-16-11(15)9(13-10(14)7-12)6-8-4-3-5-17-8;4-7(5,6)3-1-2-3/h6-8,12H,5,9-10H2,1-4H3,(H,17,21)(H,18,19);3-5,9H,2,6-7,12H2,1H3,(H,13,14);3H,1-2H2/t12-;9-;/m00./s1. The molecule has 1 saturated carbocycles. The van der Waals surface area contributed by atoms with Gasteiger partial charge in [0, 0.05) is 23.5 Å². The first-order valence-corrected chi connectivity index (χ1v) is 17.4. The Bertz CT molecular complexity index is 1390. The third-order valence-corrected chi connectivity index (χ3v) is 7.71. The van der Waals surface area contributed by atoms with Crippen LogP contribution in [-0.4, -0.2) is 87.5 Å². The Hall–Kier alpha value is -4.09. The van der Waals surface area contributed by atoms with Gasteiger partial charge >= 0.3 is 18.0 Å². The van der Waals surface area contributed by atoms with Crippen LogP contribution in [0.15, 0.2) is 45.6 Å². The maximum atomic E-state index is 11.9. The lowest BCUT2D eigenvalue weighted by Crippen LogP contribution is -2.47. The van der Waals surface area contributed by atoms with E-state index in [2.05, 4.69) is 16.0 Å². The molecule has 48 heavy (non-hydrogen) atoms. The highest BCUT2D eigenvalue weighted by Gasteiger charge is 2.33. The van der Waals surface area contributed by atoms with Crippen LogP contribution in [0.2, 0.25) is 0 Å². The van der Waals surface area contributed by atoms with Gasteiger partial charge in [0.25, 0.3) is 0 Å². The SMILES string of the molecule is CCOC(=O)[C@H](Cc1ccco1)NC(=O)CN.CCOC(=O)[C@H](Cc1ccco1)NC(=O)CNC(=O)OC(C)(C)C.O=S(=O)(Cl)C1CC1. The highest BCUT2D eigenvalue weighted by Crippen LogP contribution is 2.30. The number of nitrogens with one attached hydrogen (secondary N) is 3. The molecule has 0 aromatic carbocycles. The van der Waals surface area contributed by atoms with Crippen molar-refractivity contribution < 1.29 is 55.4 Å². The van der Waals surface area contributed by atoms with Crippen molar-refractivity contribution in [2.75, 3.05) is 26.3 Å². The topological polar surface area (TPSA) is 236 Å². The molecule has 0 bridgehead atoms. The average molecular weight is 721 g/mol. The summed E-state index contributed by atoms with van der Waals surface area (Å²) >= 11 is 0. The first kappa shape index (κ1) is 41.9. The van der Waals surface area contributed by atoms with Crippen molar-refractivity contribution in [3.63, 3.8) is 0 Å². The number of nitrogens with two attached hydrogens (primary N) is 1. The Morgan fingerprint density at radius 2 is 1.35 bits per heavy atom. The molecule has 2 aromatic heterocycles. The van der Waals surface area contributed by atoms with Crippen LogP contribution in [0.25, 0.3) is 0 Å². The van der Waals surface area contributed by atoms with E-state index in [0.29, 0.717) is 11.5 Å². The van der Waals surface area contributed by atoms with Gasteiger partial charge in [-0.3, -0.25) is 9.59 Å². The molecular weight excluding hydrogens is 676 g/mol. The number of rotatable bonds is 14. The number of carbonyl (C=O) groups excluding carboxylic acids is 5. The number of esters is 2. The molecule has 3 amide bonds. The van der Waals surface area contributed by atoms with Crippen molar-refractivity contribution in [3.05, 3.63) is 48.3 Å². The van der Waals surface area contributed by atoms with Gasteiger partial charge in [0.15, 0.2) is 0 Å². The molecular formula is C30H45ClN4O12S. The fourth-order valence-corrected chi connectivity index (χ4v) is 4.68. The quantitative estimate of drug-likeness (QED) is 0.124. The van der Waals surface area contributed by atoms with Crippen molar-refractivity contribution in [2.45, 2.75) is 83.2 Å². The fraction of sp³-hybridized carbons (Fsp3) is 0.567. The van der Waals surface area contributed by atoms with Gasteiger partial charge in [-0.1, -0.05) is 0 Å². The van der Waals surface area contributed by atoms with E-state index in [1.807, 2.05) is 0 Å². The lowest BCUT2D eigenvalue weighted by Gasteiger charge is -2.20. The molecule has 1 aliphatic carbocycles. The van der Waals surface area contributed by atoms with E-state index in [1.165, 1.54) is 12.5 Å². The Balaban J connectivity index is 0.000000413. The summed E-state index contributed by atoms with van der Waals surface area (Å²) in [5.41, 5.74) is 4.52. The molecule has 270 valence electrons. The van der Waals surface area contributed by atoms with Crippen LogP contribution in [0, 0.1) is 0 Å². The zero-order valence-corrected chi connectivity index (χ0v) is 29.2. The highest BCUT2D eigenvalue weighted by atomic mass is 35.7. The van der Waals surface area contributed by atoms with E-state index in [1.54, 1.807) is 58.9 Å². The lowest BCUT2D eigenvalue weighted by atomic mass is 10.1. The minimum absolute atomic E-state index is 0.157. The van der Waals surface area contributed by atoms with E-state index >= 15 is 0 Å². The molecule has 0 radical (unpaired) electrons. The number of carbonyl (C=O) groups is 5. The number of halogens is 1. The van der Waals surface area contributed by atoms with Gasteiger partial charge < -0.3 is 44.7 Å². The molecule has 16 nitrogen and oxygen atoms in total. The zero-order chi connectivity index (χ0) is 36.3. The summed E-state index contributed by atoms with van der Waals surface area (Å²) in [5.74, 6) is -0.876. The Morgan fingerprint density at radius 3 is 1.67 bits per heavy atom. The summed E-state index contributed by atoms with van der Waals surface area (Å²) < 4.78 is 45.4. The second-order valence-electron chi connectivity index (χ2n) is 11.0. The Labute approximate surface area is 284 Å². The largest absolute Gasteiger partial charge is 0.469 e. The number of amides is 3. The number of hydrogen-bond donors (Lipinski definition) is 4. The number of ether oxygens (including phenoxy) is 3. The molecule has 2 atom stereocenters. The smallest absolute Gasteiger partial charge is 0.408 e. The summed E-state index contributed by atoms with van der Waals surface area (Å²) in [6.45, 7) is 8.48. The average Bonchev–Trinajstić information content (AvgIpc) is 3.53. The van der Waals surface area contributed by atoms with E-state index in [0.717, 1.165) is 12.8 Å². The summed E-state index contributed by atoms with van der Waals surface area (Å²) in [6, 6.07) is 5.14. The maximum absolute atomic E-state index is 11.9. The molecule has 3 rings (SSSR count). The molecule has 0 aliphatic heterocycles. The van der Waals surface area contributed by atoms with Gasteiger partial charge in [-0.2, -0.15) is 0 Å². The Kier molecular flexibility index (Phi) is 18.3. The van der Waals surface area contributed by atoms with Crippen LogP contribution in [0.3, 0.4) is 0 Å². The first-order valence-electron chi connectivity index (χ1n) is 15.1. The molecule has 18 heteroatoms. The van der Waals surface area contributed by atoms with Crippen LogP contribution in [0.5, 0.6) is 0 Å². The van der Waals surface area contributed by atoms with Crippen molar-refractivity contribution in [2.24, 2.45) is 5.73 Å². The number of alkyl carbamates (subject to hydrolysis) is 1. The monoisotopic (exact) mass is 720 g/mol. The number of furan rings is 2. The van der Waals surface area contributed by atoms with Crippen molar-refractivity contribution >= 4 is 49.6 Å². The molecule has 1 aliphatic rings. The minimum atomic E-state index is -3.16. The molecule has 1 fully saturated rings. The van der Waals surface area contributed by atoms with Crippen molar-refractivity contribution in [1.82, 2.24) is 16.0 Å². The minimum Gasteiger partial charge on any atom is -0.469 e. The van der Waals surface area contributed by atoms with Crippen molar-refractivity contribution in [3.8, 4) is 0 Å². The second-order valence-corrected chi connectivity index (χ2v) is 14.0. The number of hydrogen-bond acceptors (Lipinski definition) is 13. The zero-order valence-electron chi connectivity index (χ0n) is 27.6. The van der Waals surface area contributed by atoms with Crippen LogP contribution >= 0.6 is 10.7 Å². The van der Waals surface area contributed by atoms with Gasteiger partial charge in [-0.15, -0.1) is 0 Å². The third kappa shape index (κ3) is 18.9. The predicted octanol–water partition coefficient (Wildman–Crippen LogP) is 1.94. The van der Waals surface area contributed by atoms with E-state index < -0.39 is 56.6 Å². The molecule has 2 heterocycles. The van der Waals surface area contributed by atoms with Gasteiger partial charge in [-0.05, 0) is 71.7 Å². The summed E-state index contributed by atoms with van der Waals surface area (Å²) in [6.07, 6.45) is 4.18. The summed E-state index contributed by atoms with van der Waals surface area (Å²) in [7, 11) is 1.75. The molecule has 0 saturated heterocycles. The lowest BCUT2D eigenvalue weighted by molar-refractivity contribution is -0.147. The van der Waals surface area contributed by atoms with Gasteiger partial charge in [0.2, 0.25) is 20.9 Å². The highest BCUT2D eigenvalue weighted by molar-refractivity contribution is 8.14. The van der Waals surface area contributed by atoms with Crippen LogP contribution in [-0.2, 0) is 55.3 Å². The molecule has 0 spiro atoms. The summed E-state index contributed by atoms with van der Waals surface area (Å²) in [4.78, 5) is 58.2. The van der Waals surface area contributed by atoms with Crippen molar-refractivity contribution in [1.29, 1.82) is 0 Å². The van der Waals surface area contributed by atoms with Gasteiger partial charge in [0.1, 0.15) is 35.7 Å². The summed E-state index contributed by atoms with van der Waals surface area (Å²) in [5, 5.41) is 7.12. The van der Waals surface area contributed by atoms with Gasteiger partial charge in [0.05, 0.1) is 37.5 Å². The van der Waals surface area contributed by atoms with Crippen LogP contribution in [0.4, 0.5) is 4.79 Å². The van der Waals surface area contributed by atoms with Crippen LogP contribution < -0.4 is 21.7 Å². The normalized spacial score (nSPS) is 13.6. The molecule has 5 N–H and O–H groups in total. The predicted molar refractivity (Wildman–Crippen MR) is 173 cm³/mol. The molecule has 0 unspecified atom stereocenters. The Morgan fingerprint density at radius 1 is 0.896 bits per heavy atom. The van der Waals surface area contributed by atoms with E-state index in [-0.39, 0.29) is 44.4 Å². The fourth-order valence-electron chi connectivity index (χ4n) is 3.45. The maximum Gasteiger partial charge on any atom is 0.408 e. The molecule has 2 aromatic rings. The second kappa shape index (κ2) is 21.0.